The molecule has 1 rings (SSSR count). The molecule has 12 heavy (non-hydrogen) atoms. The van der Waals surface area contributed by atoms with Gasteiger partial charge in [-0.2, -0.15) is 0 Å². The Kier molecular flexibility index (Phi) is 2.66. The number of carbonyl (C=O) groups excluding carboxylic acids is 1. The number of hydrogen-bond acceptors (Lipinski definition) is 1. The third-order valence-corrected chi connectivity index (χ3v) is 1.64. The summed E-state index contributed by atoms with van der Waals surface area (Å²) in [6.45, 7) is 1.98. The van der Waals surface area contributed by atoms with Gasteiger partial charge in [0.25, 0.3) is 0 Å². The van der Waals surface area contributed by atoms with E-state index >= 15 is 0 Å². The van der Waals surface area contributed by atoms with E-state index in [2.05, 4.69) is 5.92 Å². The van der Waals surface area contributed by atoms with Gasteiger partial charge in [0.2, 0.25) is 0 Å². The Morgan fingerprint density at radius 2 is 2.00 bits per heavy atom. The van der Waals surface area contributed by atoms with Crippen LogP contribution in [0.5, 0.6) is 0 Å². The van der Waals surface area contributed by atoms with Crippen LogP contribution in [0.1, 0.15) is 22.3 Å². The fourth-order valence-electron chi connectivity index (χ4n) is 0.934. The summed E-state index contributed by atoms with van der Waals surface area (Å²) in [4.78, 5) is 11.2. The van der Waals surface area contributed by atoms with Crippen molar-refractivity contribution in [2.24, 2.45) is 0 Å². The number of hydrogen-bond donors (Lipinski definition) is 0. The minimum atomic E-state index is 0.0116. The highest BCUT2D eigenvalue weighted by atomic mass is 16.1. The fraction of sp³-hybridized carbons (Fsp3) is 0.182. The number of ketones is 1. The van der Waals surface area contributed by atoms with E-state index in [1.54, 1.807) is 12.1 Å². The van der Waals surface area contributed by atoms with E-state index in [0.717, 1.165) is 5.56 Å². The molecule has 0 fully saturated rings. The molecule has 0 unspecified atom stereocenters. The molecule has 0 aliphatic heterocycles. The van der Waals surface area contributed by atoms with Gasteiger partial charge in [0, 0.05) is 5.56 Å². The molecular formula is C11H10O. The summed E-state index contributed by atoms with van der Waals surface area (Å²) in [7, 11) is 0. The van der Waals surface area contributed by atoms with Crippen LogP contribution in [-0.4, -0.2) is 5.78 Å². The topological polar surface area (TPSA) is 17.1 Å². The van der Waals surface area contributed by atoms with E-state index in [1.807, 2.05) is 19.1 Å². The second-order valence-electron chi connectivity index (χ2n) is 2.67. The smallest absolute Gasteiger partial charge is 0.174 e. The van der Waals surface area contributed by atoms with Crippen LogP contribution in [0.15, 0.2) is 24.3 Å². The Labute approximate surface area is 72.4 Å². The summed E-state index contributed by atoms with van der Waals surface area (Å²) in [6, 6.07) is 7.41. The second kappa shape index (κ2) is 3.73. The number of aryl methyl sites for hydroxylation is 1. The van der Waals surface area contributed by atoms with Gasteiger partial charge in [-0.25, -0.2) is 0 Å². The molecule has 0 bridgehead atoms. The molecular weight excluding hydrogens is 148 g/mol. The highest BCUT2D eigenvalue weighted by molar-refractivity contribution is 5.97. The molecule has 0 heterocycles. The third kappa shape index (κ3) is 1.96. The predicted molar refractivity (Wildman–Crippen MR) is 49.0 cm³/mol. The Balaban J connectivity index is 2.84. The van der Waals surface area contributed by atoms with Gasteiger partial charge in [0.05, 0.1) is 6.42 Å². The minimum absolute atomic E-state index is 0.0116. The van der Waals surface area contributed by atoms with Crippen LogP contribution in [-0.2, 0) is 0 Å². The van der Waals surface area contributed by atoms with Crippen LogP contribution in [0, 0.1) is 19.3 Å². The van der Waals surface area contributed by atoms with Crippen molar-refractivity contribution in [3.63, 3.8) is 0 Å². The van der Waals surface area contributed by atoms with Crippen LogP contribution in [0.3, 0.4) is 0 Å². The number of Topliss-reactive ketones (excluding diaryl/α,β-unsaturated/α-hetero) is 1. The summed E-state index contributed by atoms with van der Waals surface area (Å²) in [6.07, 6.45) is 5.21. The van der Waals surface area contributed by atoms with Gasteiger partial charge >= 0.3 is 0 Å². The van der Waals surface area contributed by atoms with Crippen molar-refractivity contribution in [1.82, 2.24) is 0 Å². The first-order valence-corrected chi connectivity index (χ1v) is 3.77. The normalized spacial score (nSPS) is 9.00. The number of terminal acetylenes is 1. The van der Waals surface area contributed by atoms with Crippen LogP contribution in [0.4, 0.5) is 0 Å². The largest absolute Gasteiger partial charge is 0.293 e. The number of benzene rings is 1. The average Bonchev–Trinajstić information content (AvgIpc) is 2.06. The van der Waals surface area contributed by atoms with Gasteiger partial charge in [-0.1, -0.05) is 35.7 Å². The zero-order chi connectivity index (χ0) is 8.97. The molecule has 0 amide bonds. The standard InChI is InChI=1S/C11H10O/c1-3-4-11(12)10-7-5-9(2)6-8-10/h1,5-8H,4H2,2H3. The van der Waals surface area contributed by atoms with Gasteiger partial charge in [0.15, 0.2) is 5.78 Å². The molecule has 0 aliphatic rings. The average molecular weight is 158 g/mol. The molecule has 0 saturated carbocycles. The Morgan fingerprint density at radius 1 is 1.42 bits per heavy atom. The summed E-state index contributed by atoms with van der Waals surface area (Å²) in [5.74, 6) is 2.34. The predicted octanol–water partition coefficient (Wildman–Crippen LogP) is 2.20. The zero-order valence-electron chi connectivity index (χ0n) is 7.00. The first kappa shape index (κ1) is 8.55. The summed E-state index contributed by atoms with van der Waals surface area (Å²) in [5.41, 5.74) is 1.84. The van der Waals surface area contributed by atoms with Crippen LogP contribution in [0.2, 0.25) is 0 Å². The van der Waals surface area contributed by atoms with Gasteiger partial charge < -0.3 is 0 Å². The highest BCUT2D eigenvalue weighted by Gasteiger charge is 2.01. The first-order chi connectivity index (χ1) is 5.74. The molecule has 0 N–H and O–H groups in total. The van der Waals surface area contributed by atoms with E-state index in [0.29, 0.717) is 5.56 Å². The molecule has 60 valence electrons. The molecule has 1 heteroatoms. The molecule has 0 aromatic heterocycles. The van der Waals surface area contributed by atoms with E-state index in [-0.39, 0.29) is 12.2 Å². The lowest BCUT2D eigenvalue weighted by Gasteiger charge is -1.96. The Morgan fingerprint density at radius 3 is 2.50 bits per heavy atom. The first-order valence-electron chi connectivity index (χ1n) is 3.77. The maximum absolute atomic E-state index is 11.2. The van der Waals surface area contributed by atoms with Crippen molar-refractivity contribution in [2.45, 2.75) is 13.3 Å². The van der Waals surface area contributed by atoms with E-state index in [4.69, 9.17) is 6.42 Å². The van der Waals surface area contributed by atoms with Crippen molar-refractivity contribution in [1.29, 1.82) is 0 Å². The van der Waals surface area contributed by atoms with Crippen LogP contribution >= 0.6 is 0 Å². The lowest BCUT2D eigenvalue weighted by Crippen LogP contribution is -1.96. The summed E-state index contributed by atoms with van der Waals surface area (Å²) >= 11 is 0. The minimum Gasteiger partial charge on any atom is -0.293 e. The quantitative estimate of drug-likeness (QED) is 0.476. The third-order valence-electron chi connectivity index (χ3n) is 1.64. The van der Waals surface area contributed by atoms with E-state index in [1.165, 1.54) is 0 Å². The van der Waals surface area contributed by atoms with Crippen molar-refractivity contribution in [2.75, 3.05) is 0 Å². The summed E-state index contributed by atoms with van der Waals surface area (Å²) < 4.78 is 0. The maximum atomic E-state index is 11.2. The number of rotatable bonds is 2. The van der Waals surface area contributed by atoms with Crippen LogP contribution < -0.4 is 0 Å². The van der Waals surface area contributed by atoms with Crippen molar-refractivity contribution in [3.8, 4) is 12.3 Å². The summed E-state index contributed by atoms with van der Waals surface area (Å²) in [5, 5.41) is 0. The Bertz CT molecular complexity index is 314. The zero-order valence-corrected chi connectivity index (χ0v) is 7.00. The monoisotopic (exact) mass is 158 g/mol. The fourth-order valence-corrected chi connectivity index (χ4v) is 0.934. The van der Waals surface area contributed by atoms with Crippen LogP contribution in [0.25, 0.3) is 0 Å². The van der Waals surface area contributed by atoms with Gasteiger partial charge in [-0.05, 0) is 6.92 Å². The molecule has 1 nitrogen and oxygen atoms in total. The molecule has 0 aliphatic carbocycles. The van der Waals surface area contributed by atoms with E-state index in [9.17, 15) is 4.79 Å². The molecule has 1 aromatic rings. The molecule has 0 saturated heterocycles. The van der Waals surface area contributed by atoms with Crippen molar-refractivity contribution >= 4 is 5.78 Å². The van der Waals surface area contributed by atoms with Crippen molar-refractivity contribution in [3.05, 3.63) is 35.4 Å². The SMILES string of the molecule is C#CCC(=O)c1ccc(C)cc1. The maximum Gasteiger partial charge on any atom is 0.174 e. The van der Waals surface area contributed by atoms with Gasteiger partial charge in [-0.3, -0.25) is 4.79 Å². The highest BCUT2D eigenvalue weighted by Crippen LogP contribution is 2.05. The molecule has 0 radical (unpaired) electrons. The lowest BCUT2D eigenvalue weighted by molar-refractivity contribution is 0.0998. The molecule has 0 atom stereocenters. The van der Waals surface area contributed by atoms with Gasteiger partial charge in [-0.15, -0.1) is 6.42 Å². The molecule has 0 spiro atoms. The lowest BCUT2D eigenvalue weighted by atomic mass is 10.1. The number of carbonyl (C=O) groups is 1. The second-order valence-corrected chi connectivity index (χ2v) is 2.67. The van der Waals surface area contributed by atoms with Gasteiger partial charge in [0.1, 0.15) is 0 Å². The molecule has 1 aromatic carbocycles. The Hall–Kier alpha value is -1.55. The van der Waals surface area contributed by atoms with E-state index < -0.39 is 0 Å². The van der Waals surface area contributed by atoms with Crippen molar-refractivity contribution < 1.29 is 4.79 Å².